The first-order valence-electron chi connectivity index (χ1n) is 16.2. The Hall–Kier alpha value is -3.75. The Balaban J connectivity index is 1.59. The molecule has 260 valence electrons. The van der Waals surface area contributed by atoms with Crippen molar-refractivity contribution < 1.29 is 47.7 Å². The number of esters is 1. The van der Waals surface area contributed by atoms with Gasteiger partial charge < -0.3 is 24.2 Å². The van der Waals surface area contributed by atoms with Crippen LogP contribution in [0.1, 0.15) is 89.0 Å². The smallest absolute Gasteiger partial charge is 0.459 e. The molecule has 5 unspecified atom stereocenters. The summed E-state index contributed by atoms with van der Waals surface area (Å²) in [6.45, 7) is 7.76. The maximum absolute atomic E-state index is 14.3. The molecule has 12 nitrogen and oxygen atoms in total. The second-order valence-corrected chi connectivity index (χ2v) is 15.3. The van der Waals surface area contributed by atoms with Gasteiger partial charge in [-0.2, -0.15) is 10.3 Å². The molecular weight excluding hydrogens is 639 g/mol. The molecule has 4 rings (SSSR count). The molecule has 0 radical (unpaired) electrons. The fourth-order valence-corrected chi connectivity index (χ4v) is 7.26. The van der Waals surface area contributed by atoms with Gasteiger partial charge in [0.15, 0.2) is 0 Å². The highest BCUT2D eigenvalue weighted by Crippen LogP contribution is 2.49. The van der Waals surface area contributed by atoms with Gasteiger partial charge >= 0.3 is 25.7 Å². The van der Waals surface area contributed by atoms with Crippen LogP contribution in [0.3, 0.4) is 0 Å². The molecule has 48 heavy (non-hydrogen) atoms. The lowest BCUT2D eigenvalue weighted by atomic mass is 9.78. The molecule has 2 aliphatic rings. The van der Waals surface area contributed by atoms with E-state index in [2.05, 4.69) is 31.9 Å². The number of rotatable bonds is 17. The molecule has 2 fully saturated rings. The SMILES string of the molecule is C[C@H](NP(=O)(OCc1ccccc1C1OC(C#N)C(CCC(=O)O)C1CCC(=O)O)Oc1ccc(C(C)(C)C)cc1)C(=O)OCC1CC1. The first kappa shape index (κ1) is 37.1. The van der Waals surface area contributed by atoms with Crippen LogP contribution in [-0.4, -0.2) is 46.9 Å². The van der Waals surface area contributed by atoms with Crippen molar-refractivity contribution in [3.05, 3.63) is 65.2 Å². The maximum Gasteiger partial charge on any atom is 0.459 e. The van der Waals surface area contributed by atoms with Crippen molar-refractivity contribution in [1.29, 1.82) is 5.26 Å². The average molecular weight is 685 g/mol. The molecule has 0 aromatic heterocycles. The summed E-state index contributed by atoms with van der Waals surface area (Å²) in [5.74, 6) is -3.02. The van der Waals surface area contributed by atoms with Crippen LogP contribution in [0.4, 0.5) is 0 Å². The third kappa shape index (κ3) is 10.4. The molecule has 1 aliphatic carbocycles. The number of nitriles is 1. The maximum atomic E-state index is 14.3. The van der Waals surface area contributed by atoms with Crippen LogP contribution in [0.15, 0.2) is 48.5 Å². The van der Waals surface area contributed by atoms with E-state index in [0.717, 1.165) is 18.4 Å². The van der Waals surface area contributed by atoms with Crippen molar-refractivity contribution in [3.63, 3.8) is 0 Å². The fourth-order valence-electron chi connectivity index (χ4n) is 5.79. The Labute approximate surface area is 281 Å². The number of benzene rings is 2. The minimum Gasteiger partial charge on any atom is -0.481 e. The lowest BCUT2D eigenvalue weighted by Crippen LogP contribution is -2.35. The molecule has 1 aliphatic heterocycles. The molecule has 0 spiro atoms. The van der Waals surface area contributed by atoms with Gasteiger partial charge in [-0.1, -0.05) is 57.2 Å². The summed E-state index contributed by atoms with van der Waals surface area (Å²) in [6.07, 6.45) is 0.216. The van der Waals surface area contributed by atoms with Crippen LogP contribution in [0.5, 0.6) is 5.75 Å². The summed E-state index contributed by atoms with van der Waals surface area (Å²) in [5, 5.41) is 31.3. The zero-order valence-electron chi connectivity index (χ0n) is 27.8. The molecule has 1 saturated carbocycles. The van der Waals surface area contributed by atoms with E-state index in [9.17, 15) is 34.4 Å². The summed E-state index contributed by atoms with van der Waals surface area (Å²) in [7, 11) is -4.24. The van der Waals surface area contributed by atoms with Gasteiger partial charge in [-0.05, 0) is 78.7 Å². The lowest BCUT2D eigenvalue weighted by Gasteiger charge is -2.26. The normalized spacial score (nSPS) is 22.6. The van der Waals surface area contributed by atoms with E-state index in [4.69, 9.17) is 18.5 Å². The van der Waals surface area contributed by atoms with E-state index >= 15 is 0 Å². The van der Waals surface area contributed by atoms with E-state index in [-0.39, 0.29) is 43.5 Å². The number of hydrogen-bond donors (Lipinski definition) is 3. The second kappa shape index (κ2) is 16.1. The van der Waals surface area contributed by atoms with E-state index < -0.39 is 55.7 Å². The molecule has 6 atom stereocenters. The topological polar surface area (TPSA) is 181 Å². The van der Waals surface area contributed by atoms with Gasteiger partial charge in [0.1, 0.15) is 17.9 Å². The minimum atomic E-state index is -4.24. The fraction of sp³-hybridized carbons (Fsp3) is 0.543. The molecular formula is C35H45N2O10P. The van der Waals surface area contributed by atoms with Crippen molar-refractivity contribution in [2.75, 3.05) is 6.61 Å². The van der Waals surface area contributed by atoms with Gasteiger partial charge in [-0.3, -0.25) is 18.9 Å². The monoisotopic (exact) mass is 684 g/mol. The highest BCUT2D eigenvalue weighted by molar-refractivity contribution is 7.52. The zero-order valence-corrected chi connectivity index (χ0v) is 28.7. The van der Waals surface area contributed by atoms with Gasteiger partial charge in [0, 0.05) is 18.8 Å². The van der Waals surface area contributed by atoms with Crippen LogP contribution < -0.4 is 9.61 Å². The lowest BCUT2D eigenvalue weighted by molar-refractivity contribution is -0.146. The summed E-state index contributed by atoms with van der Waals surface area (Å²) in [4.78, 5) is 35.7. The van der Waals surface area contributed by atoms with Crippen LogP contribution in [0, 0.1) is 29.1 Å². The Morgan fingerprint density at radius 2 is 1.65 bits per heavy atom. The van der Waals surface area contributed by atoms with Crippen molar-refractivity contribution in [2.45, 2.75) is 96.5 Å². The number of ether oxygens (including phenoxy) is 2. The predicted octanol–water partition coefficient (Wildman–Crippen LogP) is 6.54. The number of carbonyl (C=O) groups excluding carboxylic acids is 1. The number of carboxylic acid groups (broad SMARTS) is 2. The Morgan fingerprint density at radius 3 is 2.23 bits per heavy atom. The zero-order chi connectivity index (χ0) is 35.1. The molecule has 1 saturated heterocycles. The number of carbonyl (C=O) groups is 3. The van der Waals surface area contributed by atoms with E-state index in [0.29, 0.717) is 23.7 Å². The highest BCUT2D eigenvalue weighted by atomic mass is 31.2. The summed E-state index contributed by atoms with van der Waals surface area (Å²) in [5.41, 5.74) is 2.04. The van der Waals surface area contributed by atoms with Crippen LogP contribution in [-0.2, 0) is 45.0 Å². The Kier molecular flexibility index (Phi) is 12.4. The van der Waals surface area contributed by atoms with E-state index in [1.165, 1.54) is 6.92 Å². The van der Waals surface area contributed by atoms with Gasteiger partial charge in [0.2, 0.25) is 0 Å². The van der Waals surface area contributed by atoms with Gasteiger partial charge in [-0.15, -0.1) is 0 Å². The standard InChI is InChI=1S/C35H45N2O10P/c1-22(34(42)44-20-23-9-10-23)37-48(43,47-26-13-11-25(12-14-26)35(2,3)4)45-21-24-7-5-6-8-27(24)33-29(16-18-32(40)41)28(15-17-31(38)39)30(19-36)46-33/h5-8,11-14,22-23,28-30,33H,9-10,15-18,20-21H2,1-4H3,(H,37,43)(H,38,39)(H,40,41)/t22-,28?,29?,30?,33?,48?/m0/s1. The largest absolute Gasteiger partial charge is 0.481 e. The van der Waals surface area contributed by atoms with Gasteiger partial charge in [0.25, 0.3) is 0 Å². The van der Waals surface area contributed by atoms with Crippen molar-refractivity contribution in [2.24, 2.45) is 17.8 Å². The molecule has 0 amide bonds. The predicted molar refractivity (Wildman–Crippen MR) is 175 cm³/mol. The Bertz CT molecular complexity index is 1530. The molecule has 2 aromatic carbocycles. The molecule has 1 heterocycles. The van der Waals surface area contributed by atoms with Crippen LogP contribution >= 0.6 is 7.75 Å². The molecule has 3 N–H and O–H groups in total. The average Bonchev–Trinajstić information content (AvgIpc) is 3.79. The minimum absolute atomic E-state index is 0.123. The number of hydrogen-bond acceptors (Lipinski definition) is 9. The number of nitrogens with one attached hydrogen (secondary N) is 1. The van der Waals surface area contributed by atoms with Crippen LogP contribution in [0.2, 0.25) is 0 Å². The quantitative estimate of drug-likeness (QED) is 0.121. The first-order chi connectivity index (χ1) is 22.7. The number of aliphatic carboxylic acids is 2. The van der Waals surface area contributed by atoms with Gasteiger partial charge in [0.05, 0.1) is 25.4 Å². The molecule has 2 aromatic rings. The highest BCUT2D eigenvalue weighted by Gasteiger charge is 2.46. The van der Waals surface area contributed by atoms with Crippen molar-refractivity contribution in [1.82, 2.24) is 5.09 Å². The van der Waals surface area contributed by atoms with Crippen molar-refractivity contribution in [3.8, 4) is 11.8 Å². The molecule has 13 heteroatoms. The van der Waals surface area contributed by atoms with Gasteiger partial charge in [-0.25, -0.2) is 4.57 Å². The third-order valence-electron chi connectivity index (χ3n) is 8.69. The van der Waals surface area contributed by atoms with Crippen molar-refractivity contribution >= 4 is 25.7 Å². The number of nitrogens with zero attached hydrogens (tertiary/aromatic N) is 1. The second-order valence-electron chi connectivity index (χ2n) is 13.6. The first-order valence-corrected chi connectivity index (χ1v) is 17.8. The third-order valence-corrected chi connectivity index (χ3v) is 10.3. The van der Waals surface area contributed by atoms with E-state index in [1.54, 1.807) is 36.4 Å². The summed E-state index contributed by atoms with van der Waals surface area (Å²) in [6, 6.07) is 15.2. The van der Waals surface area contributed by atoms with Crippen LogP contribution in [0.25, 0.3) is 0 Å². The summed E-state index contributed by atoms with van der Waals surface area (Å²) < 4.78 is 37.8. The van der Waals surface area contributed by atoms with E-state index in [1.807, 2.05) is 12.1 Å². The number of carboxylic acids is 2. The Morgan fingerprint density at radius 1 is 1.02 bits per heavy atom. The summed E-state index contributed by atoms with van der Waals surface area (Å²) >= 11 is 0. The molecule has 0 bridgehead atoms.